The summed E-state index contributed by atoms with van der Waals surface area (Å²) in [5, 5.41) is 12.9. The molecule has 0 aliphatic carbocycles. The molecule has 0 bridgehead atoms. The topological polar surface area (TPSA) is 76.1 Å². The van der Waals surface area contributed by atoms with Crippen molar-refractivity contribution in [1.29, 1.82) is 0 Å². The summed E-state index contributed by atoms with van der Waals surface area (Å²) >= 11 is 1.21. The number of anilines is 1. The van der Waals surface area contributed by atoms with Gasteiger partial charge in [0.05, 0.1) is 13.2 Å². The summed E-state index contributed by atoms with van der Waals surface area (Å²) in [7, 11) is 1.49. The number of hydrogen-bond donors (Lipinski definition) is 2. The standard InChI is InChI=1S/C12H13FN4O2S/c1-7(9-5-8(13)3-4-10(9)19-2)15-11(18)16-12-17-14-6-20-12/h3-7H,1-2H3,(H2,15,16,17,18)/t7-/m0/s1. The van der Waals surface area contributed by atoms with Gasteiger partial charge in [-0.1, -0.05) is 11.3 Å². The highest BCUT2D eigenvalue weighted by Crippen LogP contribution is 2.25. The van der Waals surface area contributed by atoms with E-state index in [1.807, 2.05) is 0 Å². The number of rotatable bonds is 4. The Morgan fingerprint density at radius 1 is 1.50 bits per heavy atom. The highest BCUT2D eigenvalue weighted by Gasteiger charge is 2.15. The maximum absolute atomic E-state index is 13.3. The molecule has 0 aliphatic rings. The number of amides is 2. The molecule has 0 spiro atoms. The Balaban J connectivity index is 2.06. The fourth-order valence-electron chi connectivity index (χ4n) is 1.68. The van der Waals surface area contributed by atoms with Gasteiger partial charge < -0.3 is 10.1 Å². The minimum Gasteiger partial charge on any atom is -0.496 e. The summed E-state index contributed by atoms with van der Waals surface area (Å²) in [5.74, 6) is 0.120. The predicted octanol–water partition coefficient (Wildman–Crippen LogP) is 2.57. The molecule has 20 heavy (non-hydrogen) atoms. The van der Waals surface area contributed by atoms with Crippen LogP contribution >= 0.6 is 11.3 Å². The molecule has 1 aromatic carbocycles. The van der Waals surface area contributed by atoms with E-state index >= 15 is 0 Å². The molecule has 2 aromatic rings. The molecule has 1 heterocycles. The van der Waals surface area contributed by atoms with E-state index in [2.05, 4.69) is 20.8 Å². The molecule has 0 saturated carbocycles. The monoisotopic (exact) mass is 296 g/mol. The first-order chi connectivity index (χ1) is 9.60. The highest BCUT2D eigenvalue weighted by atomic mass is 32.1. The van der Waals surface area contributed by atoms with E-state index in [9.17, 15) is 9.18 Å². The number of ether oxygens (including phenoxy) is 1. The van der Waals surface area contributed by atoms with E-state index in [1.165, 1.54) is 42.2 Å². The van der Waals surface area contributed by atoms with Crippen molar-refractivity contribution in [3.05, 3.63) is 35.1 Å². The average Bonchev–Trinajstić information content (AvgIpc) is 2.91. The number of urea groups is 1. The van der Waals surface area contributed by atoms with Gasteiger partial charge in [0.25, 0.3) is 0 Å². The van der Waals surface area contributed by atoms with Gasteiger partial charge in [0.1, 0.15) is 17.1 Å². The van der Waals surface area contributed by atoms with Crippen molar-refractivity contribution < 1.29 is 13.9 Å². The quantitative estimate of drug-likeness (QED) is 0.909. The second kappa shape index (κ2) is 6.29. The predicted molar refractivity (Wildman–Crippen MR) is 73.4 cm³/mol. The lowest BCUT2D eigenvalue weighted by Gasteiger charge is -2.17. The molecule has 2 N–H and O–H groups in total. The molecule has 2 amide bonds. The van der Waals surface area contributed by atoms with Gasteiger partial charge in [0, 0.05) is 5.56 Å². The van der Waals surface area contributed by atoms with Crippen molar-refractivity contribution in [2.45, 2.75) is 13.0 Å². The van der Waals surface area contributed by atoms with Crippen LogP contribution in [0, 0.1) is 5.82 Å². The molecule has 8 heteroatoms. The summed E-state index contributed by atoms with van der Waals surface area (Å²) < 4.78 is 18.4. The van der Waals surface area contributed by atoms with Gasteiger partial charge in [-0.15, -0.1) is 10.2 Å². The number of methoxy groups -OCH3 is 1. The molecule has 106 valence electrons. The van der Waals surface area contributed by atoms with Crippen LogP contribution in [-0.2, 0) is 0 Å². The van der Waals surface area contributed by atoms with Crippen molar-refractivity contribution in [2.24, 2.45) is 0 Å². The van der Waals surface area contributed by atoms with Crippen LogP contribution < -0.4 is 15.4 Å². The summed E-state index contributed by atoms with van der Waals surface area (Å²) in [5.41, 5.74) is 2.06. The maximum atomic E-state index is 13.3. The van der Waals surface area contributed by atoms with Crippen molar-refractivity contribution >= 4 is 22.5 Å². The number of carbonyl (C=O) groups excluding carboxylic acids is 1. The van der Waals surface area contributed by atoms with Crippen LogP contribution in [0.15, 0.2) is 23.7 Å². The van der Waals surface area contributed by atoms with Gasteiger partial charge >= 0.3 is 6.03 Å². The van der Waals surface area contributed by atoms with Crippen molar-refractivity contribution in [2.75, 3.05) is 12.4 Å². The molecule has 0 aliphatic heterocycles. The van der Waals surface area contributed by atoms with E-state index < -0.39 is 12.1 Å². The number of nitrogens with zero attached hydrogens (tertiary/aromatic N) is 2. The third-order valence-corrected chi connectivity index (χ3v) is 3.19. The van der Waals surface area contributed by atoms with E-state index in [4.69, 9.17) is 4.74 Å². The van der Waals surface area contributed by atoms with Gasteiger partial charge in [-0.2, -0.15) is 0 Å². The molecule has 1 aromatic heterocycles. The molecular weight excluding hydrogens is 283 g/mol. The van der Waals surface area contributed by atoms with Crippen LogP contribution in [0.4, 0.5) is 14.3 Å². The molecule has 0 radical (unpaired) electrons. The van der Waals surface area contributed by atoms with Crippen molar-refractivity contribution in [1.82, 2.24) is 15.5 Å². The molecule has 6 nitrogen and oxygen atoms in total. The van der Waals surface area contributed by atoms with E-state index in [1.54, 1.807) is 6.92 Å². The van der Waals surface area contributed by atoms with Crippen LogP contribution in [0.3, 0.4) is 0 Å². The summed E-state index contributed by atoms with van der Waals surface area (Å²) in [6.07, 6.45) is 0. The summed E-state index contributed by atoms with van der Waals surface area (Å²) in [4.78, 5) is 11.8. The third kappa shape index (κ3) is 3.41. The second-order valence-corrected chi connectivity index (χ2v) is 4.78. The third-order valence-electron chi connectivity index (χ3n) is 2.59. The molecule has 2 rings (SSSR count). The average molecular weight is 296 g/mol. The van der Waals surface area contributed by atoms with Crippen LogP contribution in [0.2, 0.25) is 0 Å². The number of nitrogens with one attached hydrogen (secondary N) is 2. The number of benzene rings is 1. The Labute approximate surface area is 119 Å². The summed E-state index contributed by atoms with van der Waals surface area (Å²) in [6.45, 7) is 1.73. The Hall–Kier alpha value is -2.22. The number of halogens is 1. The van der Waals surface area contributed by atoms with Crippen LogP contribution in [-0.4, -0.2) is 23.3 Å². The molecule has 0 unspecified atom stereocenters. The van der Waals surface area contributed by atoms with E-state index in [0.717, 1.165) is 0 Å². The van der Waals surface area contributed by atoms with Gasteiger partial charge in [0.2, 0.25) is 5.13 Å². The Kier molecular flexibility index (Phi) is 4.46. The largest absolute Gasteiger partial charge is 0.496 e. The Morgan fingerprint density at radius 3 is 2.95 bits per heavy atom. The highest BCUT2D eigenvalue weighted by molar-refractivity contribution is 7.13. The van der Waals surface area contributed by atoms with Gasteiger partial charge in [-0.05, 0) is 25.1 Å². The first kappa shape index (κ1) is 14.2. The van der Waals surface area contributed by atoms with Crippen LogP contribution in [0.1, 0.15) is 18.5 Å². The maximum Gasteiger partial charge on any atom is 0.321 e. The fourth-order valence-corrected chi connectivity index (χ4v) is 2.12. The SMILES string of the molecule is COc1ccc(F)cc1[C@H](C)NC(=O)Nc1nncs1. The van der Waals surface area contributed by atoms with Crippen molar-refractivity contribution in [3.63, 3.8) is 0 Å². The lowest BCUT2D eigenvalue weighted by atomic mass is 10.1. The fraction of sp³-hybridized carbons (Fsp3) is 0.250. The second-order valence-electron chi connectivity index (χ2n) is 3.95. The number of carbonyl (C=O) groups is 1. The summed E-state index contributed by atoms with van der Waals surface area (Å²) in [6, 6.07) is 3.28. The van der Waals surface area contributed by atoms with Gasteiger partial charge in [-0.25, -0.2) is 9.18 Å². The van der Waals surface area contributed by atoms with E-state index in [-0.39, 0.29) is 5.82 Å². The zero-order chi connectivity index (χ0) is 14.5. The minimum atomic E-state index is -0.444. The zero-order valence-corrected chi connectivity index (χ0v) is 11.7. The molecule has 0 fully saturated rings. The van der Waals surface area contributed by atoms with Crippen molar-refractivity contribution in [3.8, 4) is 5.75 Å². The number of hydrogen-bond acceptors (Lipinski definition) is 5. The van der Waals surface area contributed by atoms with E-state index in [0.29, 0.717) is 16.4 Å². The Bertz CT molecular complexity index is 591. The smallest absolute Gasteiger partial charge is 0.321 e. The Morgan fingerprint density at radius 2 is 2.30 bits per heavy atom. The minimum absolute atomic E-state index is 0.390. The lowest BCUT2D eigenvalue weighted by molar-refractivity contribution is 0.249. The first-order valence-corrected chi connectivity index (χ1v) is 6.65. The number of aromatic nitrogens is 2. The van der Waals surface area contributed by atoms with Crippen LogP contribution in [0.25, 0.3) is 0 Å². The first-order valence-electron chi connectivity index (χ1n) is 5.77. The van der Waals surface area contributed by atoms with Gasteiger partial charge in [0.15, 0.2) is 0 Å². The normalized spacial score (nSPS) is 11.8. The molecule has 0 saturated heterocycles. The lowest BCUT2D eigenvalue weighted by Crippen LogP contribution is -2.31. The molecule has 1 atom stereocenters. The van der Waals surface area contributed by atoms with Gasteiger partial charge in [-0.3, -0.25) is 5.32 Å². The van der Waals surface area contributed by atoms with Crippen LogP contribution in [0.5, 0.6) is 5.75 Å². The zero-order valence-electron chi connectivity index (χ0n) is 10.9. The molecular formula is C12H13FN4O2S.